The number of halogens is 2. The molecule has 20 heavy (non-hydrogen) atoms. The van der Waals surface area contributed by atoms with E-state index < -0.39 is 0 Å². The number of anilines is 1. The number of rotatable bonds is 5. The van der Waals surface area contributed by atoms with Crippen LogP contribution in [0.2, 0.25) is 0 Å². The van der Waals surface area contributed by atoms with Gasteiger partial charge in [-0.3, -0.25) is 0 Å². The van der Waals surface area contributed by atoms with Gasteiger partial charge in [0, 0.05) is 16.6 Å². The topological polar surface area (TPSA) is 21.3 Å². The molecule has 0 aliphatic rings. The van der Waals surface area contributed by atoms with E-state index in [0.717, 1.165) is 26.8 Å². The number of methoxy groups -OCH3 is 1. The van der Waals surface area contributed by atoms with Crippen LogP contribution in [-0.4, -0.2) is 13.2 Å². The largest absolute Gasteiger partial charge is 0.495 e. The lowest BCUT2D eigenvalue weighted by atomic mass is 10.1. The summed E-state index contributed by atoms with van der Waals surface area (Å²) in [5.41, 5.74) is 2.36. The van der Waals surface area contributed by atoms with Gasteiger partial charge in [-0.15, -0.1) is 0 Å². The molecule has 2 rings (SSSR count). The molecule has 1 atom stereocenters. The fraction of sp³-hybridized carbons (Fsp3) is 0.250. The second kappa shape index (κ2) is 7.14. The number of nitrogens with one attached hydrogen (secondary N) is 1. The van der Waals surface area contributed by atoms with Gasteiger partial charge in [0.05, 0.1) is 17.3 Å². The summed E-state index contributed by atoms with van der Waals surface area (Å²) in [5.74, 6) is 0.822. The molecule has 0 saturated carbocycles. The van der Waals surface area contributed by atoms with Crippen molar-refractivity contribution in [2.45, 2.75) is 19.4 Å². The van der Waals surface area contributed by atoms with E-state index in [-0.39, 0.29) is 0 Å². The zero-order valence-electron chi connectivity index (χ0n) is 11.5. The van der Waals surface area contributed by atoms with Gasteiger partial charge in [0.2, 0.25) is 0 Å². The van der Waals surface area contributed by atoms with E-state index >= 15 is 0 Å². The molecule has 0 bridgehead atoms. The van der Waals surface area contributed by atoms with Gasteiger partial charge in [-0.1, -0.05) is 30.3 Å². The van der Waals surface area contributed by atoms with Gasteiger partial charge in [-0.05, 0) is 56.8 Å². The Morgan fingerprint density at radius 3 is 2.45 bits per heavy atom. The second-order valence-electron chi connectivity index (χ2n) is 4.70. The molecule has 0 heterocycles. The minimum absolute atomic E-state index is 0.333. The number of hydrogen-bond donors (Lipinski definition) is 1. The first-order valence-electron chi connectivity index (χ1n) is 6.43. The van der Waals surface area contributed by atoms with E-state index in [0.29, 0.717) is 6.04 Å². The van der Waals surface area contributed by atoms with E-state index in [9.17, 15) is 0 Å². The van der Waals surface area contributed by atoms with Crippen molar-refractivity contribution in [3.8, 4) is 5.75 Å². The van der Waals surface area contributed by atoms with Crippen LogP contribution in [0.4, 0.5) is 5.69 Å². The standard InChI is InChI=1S/C16H17Br2NO/c1-11(8-12-6-4-3-5-7-12)19-15-10-16(20-2)14(18)9-13(15)17/h3-7,9-11,19H,8H2,1-2H3. The van der Waals surface area contributed by atoms with Gasteiger partial charge in [0.25, 0.3) is 0 Å². The monoisotopic (exact) mass is 397 g/mol. The maximum absolute atomic E-state index is 5.33. The van der Waals surface area contributed by atoms with Crippen molar-refractivity contribution in [3.63, 3.8) is 0 Å². The predicted octanol–water partition coefficient (Wildman–Crippen LogP) is 5.26. The maximum atomic E-state index is 5.33. The van der Waals surface area contributed by atoms with Crippen molar-refractivity contribution >= 4 is 37.5 Å². The van der Waals surface area contributed by atoms with E-state index in [4.69, 9.17) is 4.74 Å². The first-order valence-corrected chi connectivity index (χ1v) is 8.02. The normalized spacial score (nSPS) is 12.0. The van der Waals surface area contributed by atoms with Gasteiger partial charge in [0.1, 0.15) is 5.75 Å². The second-order valence-corrected chi connectivity index (χ2v) is 6.41. The third-order valence-electron chi connectivity index (χ3n) is 3.03. The highest BCUT2D eigenvalue weighted by molar-refractivity contribution is 9.11. The molecule has 4 heteroatoms. The Bertz CT molecular complexity index is 572. The number of benzene rings is 2. The number of ether oxygens (including phenoxy) is 1. The summed E-state index contributed by atoms with van der Waals surface area (Å²) in [5, 5.41) is 3.51. The molecular weight excluding hydrogens is 382 g/mol. The summed E-state index contributed by atoms with van der Waals surface area (Å²) in [6.45, 7) is 2.17. The molecule has 0 amide bonds. The predicted molar refractivity (Wildman–Crippen MR) is 91.6 cm³/mol. The number of hydrogen-bond acceptors (Lipinski definition) is 2. The van der Waals surface area contributed by atoms with Crippen molar-refractivity contribution in [2.75, 3.05) is 12.4 Å². The van der Waals surface area contributed by atoms with Gasteiger partial charge >= 0.3 is 0 Å². The fourth-order valence-electron chi connectivity index (χ4n) is 2.08. The third kappa shape index (κ3) is 4.00. The molecule has 1 N–H and O–H groups in total. The van der Waals surface area contributed by atoms with Crippen LogP contribution in [0, 0.1) is 0 Å². The highest BCUT2D eigenvalue weighted by atomic mass is 79.9. The van der Waals surface area contributed by atoms with E-state index in [1.807, 2.05) is 18.2 Å². The zero-order chi connectivity index (χ0) is 14.5. The van der Waals surface area contributed by atoms with Crippen LogP contribution in [0.25, 0.3) is 0 Å². The first-order chi connectivity index (χ1) is 9.60. The SMILES string of the molecule is COc1cc(NC(C)Cc2ccccc2)c(Br)cc1Br. The summed E-state index contributed by atoms with van der Waals surface area (Å²) in [6.07, 6.45) is 0.978. The van der Waals surface area contributed by atoms with Crippen LogP contribution >= 0.6 is 31.9 Å². The molecule has 1 unspecified atom stereocenters. The fourth-order valence-corrected chi connectivity index (χ4v) is 3.35. The molecule has 0 aliphatic heterocycles. The molecule has 0 aliphatic carbocycles. The summed E-state index contributed by atoms with van der Waals surface area (Å²) >= 11 is 7.06. The summed E-state index contributed by atoms with van der Waals surface area (Å²) < 4.78 is 7.29. The van der Waals surface area contributed by atoms with Crippen LogP contribution in [0.3, 0.4) is 0 Å². The highest BCUT2D eigenvalue weighted by Crippen LogP contribution is 2.34. The van der Waals surface area contributed by atoms with Crippen LogP contribution in [-0.2, 0) is 6.42 Å². The van der Waals surface area contributed by atoms with Gasteiger partial charge in [0.15, 0.2) is 0 Å². The minimum Gasteiger partial charge on any atom is -0.495 e. The van der Waals surface area contributed by atoms with Gasteiger partial charge in [-0.2, -0.15) is 0 Å². The van der Waals surface area contributed by atoms with Gasteiger partial charge < -0.3 is 10.1 Å². The average molecular weight is 399 g/mol. The Morgan fingerprint density at radius 1 is 1.10 bits per heavy atom. The summed E-state index contributed by atoms with van der Waals surface area (Å²) in [6, 6.07) is 14.8. The average Bonchev–Trinajstić information content (AvgIpc) is 2.43. The summed E-state index contributed by atoms with van der Waals surface area (Å²) in [4.78, 5) is 0. The van der Waals surface area contributed by atoms with E-state index in [1.54, 1.807) is 7.11 Å². The molecule has 0 spiro atoms. The van der Waals surface area contributed by atoms with Crippen molar-refractivity contribution in [1.29, 1.82) is 0 Å². The molecule has 2 aromatic rings. The molecule has 0 saturated heterocycles. The highest BCUT2D eigenvalue weighted by Gasteiger charge is 2.10. The van der Waals surface area contributed by atoms with Crippen molar-refractivity contribution in [3.05, 3.63) is 57.0 Å². The van der Waals surface area contributed by atoms with Crippen molar-refractivity contribution < 1.29 is 4.74 Å². The minimum atomic E-state index is 0.333. The third-order valence-corrected chi connectivity index (χ3v) is 4.30. The van der Waals surface area contributed by atoms with Crippen LogP contribution < -0.4 is 10.1 Å². The quantitative estimate of drug-likeness (QED) is 0.741. The molecule has 106 valence electrons. The van der Waals surface area contributed by atoms with E-state index in [1.165, 1.54) is 5.56 Å². The molecule has 0 aromatic heterocycles. The van der Waals surface area contributed by atoms with Crippen molar-refractivity contribution in [2.24, 2.45) is 0 Å². The molecular formula is C16H17Br2NO. The Labute approximate surface area is 136 Å². The lowest BCUT2D eigenvalue weighted by Gasteiger charge is -2.18. The molecule has 2 nitrogen and oxygen atoms in total. The van der Waals surface area contributed by atoms with Gasteiger partial charge in [-0.25, -0.2) is 0 Å². The Balaban J connectivity index is 2.09. The first kappa shape index (κ1) is 15.4. The maximum Gasteiger partial charge on any atom is 0.135 e. The Morgan fingerprint density at radius 2 is 1.80 bits per heavy atom. The van der Waals surface area contributed by atoms with Crippen molar-refractivity contribution in [1.82, 2.24) is 0 Å². The van der Waals surface area contributed by atoms with Crippen LogP contribution in [0.15, 0.2) is 51.4 Å². The van der Waals surface area contributed by atoms with Crippen LogP contribution in [0.1, 0.15) is 12.5 Å². The molecule has 0 radical (unpaired) electrons. The summed E-state index contributed by atoms with van der Waals surface area (Å²) in [7, 11) is 1.67. The lowest BCUT2D eigenvalue weighted by molar-refractivity contribution is 0.412. The smallest absolute Gasteiger partial charge is 0.135 e. The molecule has 2 aromatic carbocycles. The lowest BCUT2D eigenvalue weighted by Crippen LogP contribution is -2.18. The Kier molecular flexibility index (Phi) is 5.49. The van der Waals surface area contributed by atoms with Crippen LogP contribution in [0.5, 0.6) is 5.75 Å². The van der Waals surface area contributed by atoms with E-state index in [2.05, 4.69) is 68.4 Å². The zero-order valence-corrected chi connectivity index (χ0v) is 14.7. The Hall–Kier alpha value is -1.000. The molecule has 0 fully saturated rings.